The van der Waals surface area contributed by atoms with E-state index in [4.69, 9.17) is 4.98 Å². The zero-order chi connectivity index (χ0) is 18.8. The summed E-state index contributed by atoms with van der Waals surface area (Å²) in [6.07, 6.45) is 3.13. The third kappa shape index (κ3) is 3.63. The highest BCUT2D eigenvalue weighted by Crippen LogP contribution is 2.23. The standard InChI is InChI=1S/C19H31N5O2/c1-5-7-8-24-17-16(18(25)21-19(24)26)23(6-2)15(20-17)12-22-10-13(3)9-14(4)11-22/h13-14H,5-12H2,1-4H3,(H,21,25,26). The van der Waals surface area contributed by atoms with Gasteiger partial charge >= 0.3 is 5.69 Å². The van der Waals surface area contributed by atoms with Gasteiger partial charge in [-0.05, 0) is 31.6 Å². The maximum Gasteiger partial charge on any atom is 0.330 e. The summed E-state index contributed by atoms with van der Waals surface area (Å²) >= 11 is 0. The van der Waals surface area contributed by atoms with Crippen LogP contribution in [0.3, 0.4) is 0 Å². The third-order valence-electron chi connectivity index (χ3n) is 5.33. The number of aromatic amines is 1. The first-order valence-electron chi connectivity index (χ1n) is 9.89. The van der Waals surface area contributed by atoms with Crippen LogP contribution in [0.25, 0.3) is 11.2 Å². The number of nitrogens with zero attached hydrogens (tertiary/aromatic N) is 4. The Labute approximate surface area is 154 Å². The minimum absolute atomic E-state index is 0.335. The second-order valence-corrected chi connectivity index (χ2v) is 7.85. The summed E-state index contributed by atoms with van der Waals surface area (Å²) in [5.41, 5.74) is 0.362. The van der Waals surface area contributed by atoms with Crippen LogP contribution in [0, 0.1) is 11.8 Å². The Morgan fingerprint density at radius 3 is 2.42 bits per heavy atom. The summed E-state index contributed by atoms with van der Waals surface area (Å²) in [7, 11) is 0. The topological polar surface area (TPSA) is 75.9 Å². The molecule has 2 unspecified atom stereocenters. The number of aryl methyl sites for hydroxylation is 2. The summed E-state index contributed by atoms with van der Waals surface area (Å²) in [6.45, 7) is 12.8. The van der Waals surface area contributed by atoms with Crippen LogP contribution in [0.15, 0.2) is 9.59 Å². The van der Waals surface area contributed by atoms with Gasteiger partial charge in [-0.25, -0.2) is 9.78 Å². The van der Waals surface area contributed by atoms with Crippen molar-refractivity contribution in [3.05, 3.63) is 26.7 Å². The predicted molar refractivity (Wildman–Crippen MR) is 103 cm³/mol. The first kappa shape index (κ1) is 18.9. The SMILES string of the molecule is CCCCn1c(=O)[nH]c(=O)c2c1nc(CN1CC(C)CC(C)C1)n2CC. The van der Waals surface area contributed by atoms with Gasteiger partial charge in [-0.15, -0.1) is 0 Å². The van der Waals surface area contributed by atoms with E-state index >= 15 is 0 Å². The Morgan fingerprint density at radius 2 is 1.81 bits per heavy atom. The van der Waals surface area contributed by atoms with E-state index in [1.807, 2.05) is 11.5 Å². The molecule has 0 saturated carbocycles. The van der Waals surface area contributed by atoms with Gasteiger partial charge < -0.3 is 4.57 Å². The van der Waals surface area contributed by atoms with Crippen LogP contribution in [0.2, 0.25) is 0 Å². The van der Waals surface area contributed by atoms with Gasteiger partial charge in [-0.3, -0.25) is 19.2 Å². The number of rotatable bonds is 6. The minimum atomic E-state index is -0.358. The van der Waals surface area contributed by atoms with Gasteiger partial charge in [0, 0.05) is 26.2 Å². The number of piperidine rings is 1. The molecule has 1 aliphatic heterocycles. The number of likely N-dealkylation sites (tertiary alicyclic amines) is 1. The van der Waals surface area contributed by atoms with Gasteiger partial charge in [0.2, 0.25) is 0 Å². The molecule has 1 saturated heterocycles. The molecular weight excluding hydrogens is 330 g/mol. The van der Waals surface area contributed by atoms with Gasteiger partial charge in [0.05, 0.1) is 6.54 Å². The van der Waals surface area contributed by atoms with E-state index in [0.29, 0.717) is 36.1 Å². The van der Waals surface area contributed by atoms with Crippen molar-refractivity contribution in [3.63, 3.8) is 0 Å². The van der Waals surface area contributed by atoms with Crippen LogP contribution < -0.4 is 11.2 Å². The lowest BCUT2D eigenvalue weighted by Crippen LogP contribution is -2.38. The molecule has 1 fully saturated rings. The van der Waals surface area contributed by atoms with Crippen LogP contribution in [-0.2, 0) is 19.6 Å². The highest BCUT2D eigenvalue weighted by molar-refractivity contribution is 5.71. The molecule has 3 rings (SSSR count). The number of hydrogen-bond donors (Lipinski definition) is 1. The maximum atomic E-state index is 12.5. The van der Waals surface area contributed by atoms with Gasteiger partial charge in [-0.2, -0.15) is 0 Å². The second kappa shape index (κ2) is 7.78. The third-order valence-corrected chi connectivity index (χ3v) is 5.33. The van der Waals surface area contributed by atoms with Gasteiger partial charge in [0.15, 0.2) is 11.2 Å². The van der Waals surface area contributed by atoms with Crippen molar-refractivity contribution >= 4 is 11.2 Å². The fourth-order valence-corrected chi connectivity index (χ4v) is 4.32. The summed E-state index contributed by atoms with van der Waals surface area (Å²) in [5, 5.41) is 0. The number of hydrogen-bond acceptors (Lipinski definition) is 4. The monoisotopic (exact) mass is 361 g/mol. The molecule has 0 radical (unpaired) electrons. The Hall–Kier alpha value is -1.89. The lowest BCUT2D eigenvalue weighted by atomic mass is 9.92. The van der Waals surface area contributed by atoms with Crippen molar-refractivity contribution in [2.24, 2.45) is 11.8 Å². The highest BCUT2D eigenvalue weighted by atomic mass is 16.2. The number of aromatic nitrogens is 4. The van der Waals surface area contributed by atoms with Crippen LogP contribution in [0.4, 0.5) is 0 Å². The molecule has 0 bridgehead atoms. The normalized spacial score (nSPS) is 21.5. The van der Waals surface area contributed by atoms with Crippen LogP contribution >= 0.6 is 0 Å². The fourth-order valence-electron chi connectivity index (χ4n) is 4.32. The Morgan fingerprint density at radius 1 is 1.12 bits per heavy atom. The van der Waals surface area contributed by atoms with Crippen molar-refractivity contribution < 1.29 is 0 Å². The first-order chi connectivity index (χ1) is 12.4. The molecule has 0 spiro atoms. The smallest absolute Gasteiger partial charge is 0.321 e. The van der Waals surface area contributed by atoms with E-state index in [-0.39, 0.29) is 11.2 Å². The van der Waals surface area contributed by atoms with Gasteiger partial charge in [0.1, 0.15) is 5.82 Å². The van der Waals surface area contributed by atoms with Crippen LogP contribution in [0.5, 0.6) is 0 Å². The summed E-state index contributed by atoms with van der Waals surface area (Å²) in [6, 6.07) is 0. The molecule has 26 heavy (non-hydrogen) atoms. The minimum Gasteiger partial charge on any atom is -0.321 e. The van der Waals surface area contributed by atoms with E-state index in [0.717, 1.165) is 38.3 Å². The van der Waals surface area contributed by atoms with Gasteiger partial charge in [0.25, 0.3) is 5.56 Å². The predicted octanol–water partition coefficient (Wildman–Crippen LogP) is 2.18. The number of nitrogens with one attached hydrogen (secondary N) is 1. The first-order valence-corrected chi connectivity index (χ1v) is 9.89. The molecule has 0 aliphatic carbocycles. The average Bonchev–Trinajstić information content (AvgIpc) is 2.92. The molecule has 1 N–H and O–H groups in total. The quantitative estimate of drug-likeness (QED) is 0.856. The number of H-pyrrole nitrogens is 1. The van der Waals surface area contributed by atoms with Crippen molar-refractivity contribution in [1.29, 1.82) is 0 Å². The molecule has 7 heteroatoms. The molecule has 0 amide bonds. The van der Waals surface area contributed by atoms with Crippen molar-refractivity contribution in [3.8, 4) is 0 Å². The summed E-state index contributed by atoms with van der Waals surface area (Å²) < 4.78 is 3.59. The number of unbranched alkanes of at least 4 members (excludes halogenated alkanes) is 1. The lowest BCUT2D eigenvalue weighted by Gasteiger charge is -2.34. The van der Waals surface area contributed by atoms with E-state index in [1.165, 1.54) is 6.42 Å². The Bertz CT molecular complexity index is 868. The van der Waals surface area contributed by atoms with Crippen LogP contribution in [0.1, 0.15) is 52.8 Å². The lowest BCUT2D eigenvalue weighted by molar-refractivity contribution is 0.130. The molecule has 0 aromatic carbocycles. The van der Waals surface area contributed by atoms with Crippen molar-refractivity contribution in [2.45, 2.75) is 66.6 Å². The Kier molecular flexibility index (Phi) is 5.65. The van der Waals surface area contributed by atoms with Crippen LogP contribution in [-0.4, -0.2) is 37.1 Å². The molecule has 144 valence electrons. The molecule has 1 aliphatic rings. The Balaban J connectivity index is 2.04. The number of fused-ring (bicyclic) bond motifs is 1. The van der Waals surface area contributed by atoms with E-state index in [1.54, 1.807) is 4.57 Å². The molecular formula is C19H31N5O2. The zero-order valence-corrected chi connectivity index (χ0v) is 16.4. The maximum absolute atomic E-state index is 12.5. The van der Waals surface area contributed by atoms with E-state index in [2.05, 4.69) is 30.7 Å². The van der Waals surface area contributed by atoms with E-state index < -0.39 is 0 Å². The molecule has 2 aromatic rings. The van der Waals surface area contributed by atoms with E-state index in [9.17, 15) is 9.59 Å². The fraction of sp³-hybridized carbons (Fsp3) is 0.737. The summed E-state index contributed by atoms with van der Waals surface area (Å²) in [5.74, 6) is 2.22. The van der Waals surface area contributed by atoms with Crippen molar-refractivity contribution in [1.82, 2.24) is 24.0 Å². The molecule has 7 nitrogen and oxygen atoms in total. The largest absolute Gasteiger partial charge is 0.330 e. The second-order valence-electron chi connectivity index (χ2n) is 7.85. The zero-order valence-electron chi connectivity index (χ0n) is 16.4. The molecule has 2 atom stereocenters. The van der Waals surface area contributed by atoms with Gasteiger partial charge in [-0.1, -0.05) is 27.2 Å². The number of imidazole rings is 1. The molecule has 3 heterocycles. The average molecular weight is 361 g/mol. The molecule has 2 aromatic heterocycles. The highest BCUT2D eigenvalue weighted by Gasteiger charge is 2.24. The van der Waals surface area contributed by atoms with Crippen molar-refractivity contribution in [2.75, 3.05) is 13.1 Å². The summed E-state index contributed by atoms with van der Waals surface area (Å²) in [4.78, 5) is 34.4.